The molecule has 1 nitrogen and oxygen atoms in total. The maximum Gasteiger partial charge on any atom is 0.0705 e. The van der Waals surface area contributed by atoms with Crippen molar-refractivity contribution >= 4 is 0 Å². The molecule has 1 aliphatic rings. The smallest absolute Gasteiger partial charge is 0.0705 e. The number of hydrogen-bond donors (Lipinski definition) is 0. The van der Waals surface area contributed by atoms with Gasteiger partial charge in [-0.1, -0.05) is 20.8 Å². The SMILES string of the molecule is CCC1OC(C)(C)C1(C)C. The van der Waals surface area contributed by atoms with E-state index in [0.717, 1.165) is 6.42 Å². The molecule has 0 saturated carbocycles. The van der Waals surface area contributed by atoms with Crippen molar-refractivity contribution in [2.45, 2.75) is 52.7 Å². The van der Waals surface area contributed by atoms with E-state index in [1.54, 1.807) is 0 Å². The molecular weight excluding hydrogens is 124 g/mol. The molecule has 0 aromatic carbocycles. The summed E-state index contributed by atoms with van der Waals surface area (Å²) in [7, 11) is 0. The van der Waals surface area contributed by atoms with Crippen LogP contribution in [-0.2, 0) is 4.74 Å². The van der Waals surface area contributed by atoms with Crippen LogP contribution in [-0.4, -0.2) is 11.7 Å². The highest BCUT2D eigenvalue weighted by atomic mass is 16.5. The molecule has 1 saturated heterocycles. The van der Waals surface area contributed by atoms with E-state index >= 15 is 0 Å². The standard InChI is InChI=1S/C9H18O/c1-6-7-8(2,3)9(4,5)10-7/h7H,6H2,1-5H3. The van der Waals surface area contributed by atoms with Gasteiger partial charge in [0.25, 0.3) is 0 Å². The van der Waals surface area contributed by atoms with Gasteiger partial charge in [-0.2, -0.15) is 0 Å². The summed E-state index contributed by atoms with van der Waals surface area (Å²) in [5, 5.41) is 0. The molecule has 1 rings (SSSR count). The van der Waals surface area contributed by atoms with Crippen molar-refractivity contribution in [3.8, 4) is 0 Å². The Morgan fingerprint density at radius 2 is 1.70 bits per heavy atom. The molecule has 1 heterocycles. The zero-order chi connectivity index (χ0) is 7.99. The summed E-state index contributed by atoms with van der Waals surface area (Å²) in [6.45, 7) is 11.1. The fraction of sp³-hybridized carbons (Fsp3) is 1.00. The van der Waals surface area contributed by atoms with Crippen molar-refractivity contribution in [2.24, 2.45) is 5.41 Å². The lowest BCUT2D eigenvalue weighted by Gasteiger charge is -2.58. The van der Waals surface area contributed by atoms with E-state index in [2.05, 4.69) is 34.6 Å². The maximum absolute atomic E-state index is 5.69. The predicted molar refractivity (Wildman–Crippen MR) is 43.0 cm³/mol. The summed E-state index contributed by atoms with van der Waals surface area (Å²) < 4.78 is 5.69. The molecule has 10 heavy (non-hydrogen) atoms. The summed E-state index contributed by atoms with van der Waals surface area (Å²) in [6.07, 6.45) is 1.61. The largest absolute Gasteiger partial charge is 0.371 e. The average molecular weight is 142 g/mol. The summed E-state index contributed by atoms with van der Waals surface area (Å²) in [4.78, 5) is 0. The van der Waals surface area contributed by atoms with Crippen molar-refractivity contribution in [3.05, 3.63) is 0 Å². The Morgan fingerprint density at radius 1 is 1.20 bits per heavy atom. The minimum absolute atomic E-state index is 0.0909. The van der Waals surface area contributed by atoms with Crippen LogP contribution in [0.2, 0.25) is 0 Å². The van der Waals surface area contributed by atoms with Gasteiger partial charge in [-0.25, -0.2) is 0 Å². The predicted octanol–water partition coefficient (Wildman–Crippen LogP) is 2.60. The summed E-state index contributed by atoms with van der Waals surface area (Å²) in [5.74, 6) is 0. The summed E-state index contributed by atoms with van der Waals surface area (Å²) >= 11 is 0. The lowest BCUT2D eigenvalue weighted by Crippen LogP contribution is -2.62. The van der Waals surface area contributed by atoms with Gasteiger partial charge < -0.3 is 4.74 Å². The quantitative estimate of drug-likeness (QED) is 0.547. The molecule has 1 aliphatic heterocycles. The molecule has 60 valence electrons. The van der Waals surface area contributed by atoms with Crippen LogP contribution in [0.25, 0.3) is 0 Å². The third-order valence-corrected chi connectivity index (χ3v) is 3.16. The second-order valence-electron chi connectivity index (χ2n) is 4.25. The Kier molecular flexibility index (Phi) is 1.59. The van der Waals surface area contributed by atoms with Gasteiger partial charge in [-0.05, 0) is 20.3 Å². The van der Waals surface area contributed by atoms with Gasteiger partial charge in [-0.3, -0.25) is 0 Å². The van der Waals surface area contributed by atoms with Crippen molar-refractivity contribution in [3.63, 3.8) is 0 Å². The van der Waals surface area contributed by atoms with Gasteiger partial charge in [-0.15, -0.1) is 0 Å². The number of ether oxygens (including phenoxy) is 1. The molecular formula is C9H18O. The number of rotatable bonds is 1. The first-order valence-electron chi connectivity index (χ1n) is 4.09. The topological polar surface area (TPSA) is 9.23 Å². The first-order valence-corrected chi connectivity index (χ1v) is 4.09. The molecule has 0 bridgehead atoms. The Bertz CT molecular complexity index is 136. The Balaban J connectivity index is 2.65. The van der Waals surface area contributed by atoms with E-state index in [1.165, 1.54) is 0 Å². The molecule has 0 radical (unpaired) electrons. The lowest BCUT2D eigenvalue weighted by atomic mass is 9.66. The lowest BCUT2D eigenvalue weighted by molar-refractivity contribution is -0.290. The fourth-order valence-electron chi connectivity index (χ4n) is 1.58. The second kappa shape index (κ2) is 1.97. The Hall–Kier alpha value is -0.0400. The third kappa shape index (κ3) is 0.800. The van der Waals surface area contributed by atoms with Gasteiger partial charge >= 0.3 is 0 Å². The van der Waals surface area contributed by atoms with E-state index in [4.69, 9.17) is 4.74 Å². The van der Waals surface area contributed by atoms with E-state index in [0.29, 0.717) is 11.5 Å². The van der Waals surface area contributed by atoms with Crippen molar-refractivity contribution in [1.82, 2.24) is 0 Å². The van der Waals surface area contributed by atoms with Crippen LogP contribution < -0.4 is 0 Å². The molecule has 1 heteroatoms. The maximum atomic E-state index is 5.69. The minimum Gasteiger partial charge on any atom is -0.371 e. The second-order valence-corrected chi connectivity index (χ2v) is 4.25. The molecule has 1 unspecified atom stereocenters. The number of hydrogen-bond acceptors (Lipinski definition) is 1. The first kappa shape index (κ1) is 8.06. The monoisotopic (exact) mass is 142 g/mol. The average Bonchev–Trinajstić information content (AvgIpc) is 1.83. The highest BCUT2D eigenvalue weighted by molar-refractivity contribution is 5.02. The van der Waals surface area contributed by atoms with Gasteiger partial charge in [0, 0.05) is 5.41 Å². The third-order valence-electron chi connectivity index (χ3n) is 3.16. The summed E-state index contributed by atoms with van der Waals surface area (Å²) in [6, 6.07) is 0. The van der Waals surface area contributed by atoms with Crippen LogP contribution in [0.5, 0.6) is 0 Å². The van der Waals surface area contributed by atoms with E-state index in [1.807, 2.05) is 0 Å². The first-order chi connectivity index (χ1) is 4.42. The zero-order valence-electron chi connectivity index (χ0n) is 7.69. The zero-order valence-corrected chi connectivity index (χ0v) is 7.69. The Labute approximate surface area is 63.8 Å². The van der Waals surface area contributed by atoms with Crippen LogP contribution in [0.3, 0.4) is 0 Å². The molecule has 0 amide bonds. The van der Waals surface area contributed by atoms with E-state index < -0.39 is 0 Å². The Morgan fingerprint density at radius 3 is 1.80 bits per heavy atom. The molecule has 0 aromatic rings. The van der Waals surface area contributed by atoms with Crippen molar-refractivity contribution in [1.29, 1.82) is 0 Å². The molecule has 1 fully saturated rings. The molecule has 1 atom stereocenters. The van der Waals surface area contributed by atoms with Crippen LogP contribution in [0.1, 0.15) is 41.0 Å². The van der Waals surface area contributed by atoms with Gasteiger partial charge in [0.05, 0.1) is 11.7 Å². The van der Waals surface area contributed by atoms with Gasteiger partial charge in [0.2, 0.25) is 0 Å². The van der Waals surface area contributed by atoms with Crippen molar-refractivity contribution < 1.29 is 4.74 Å². The minimum atomic E-state index is 0.0909. The van der Waals surface area contributed by atoms with Crippen LogP contribution >= 0.6 is 0 Å². The van der Waals surface area contributed by atoms with Crippen LogP contribution in [0, 0.1) is 5.41 Å². The van der Waals surface area contributed by atoms with E-state index in [-0.39, 0.29) is 5.60 Å². The van der Waals surface area contributed by atoms with Crippen LogP contribution in [0.4, 0.5) is 0 Å². The van der Waals surface area contributed by atoms with Crippen LogP contribution in [0.15, 0.2) is 0 Å². The normalized spacial score (nSPS) is 35.1. The molecule has 0 spiro atoms. The van der Waals surface area contributed by atoms with Gasteiger partial charge in [0.15, 0.2) is 0 Å². The van der Waals surface area contributed by atoms with Crippen molar-refractivity contribution in [2.75, 3.05) is 0 Å². The highest BCUT2D eigenvalue weighted by Crippen LogP contribution is 2.50. The molecule has 0 N–H and O–H groups in total. The highest BCUT2D eigenvalue weighted by Gasteiger charge is 2.54. The fourth-order valence-corrected chi connectivity index (χ4v) is 1.58. The molecule has 0 aliphatic carbocycles. The summed E-state index contributed by atoms with van der Waals surface area (Å²) in [5.41, 5.74) is 0.454. The molecule has 0 aromatic heterocycles. The van der Waals surface area contributed by atoms with Gasteiger partial charge in [0.1, 0.15) is 0 Å². The van der Waals surface area contributed by atoms with E-state index in [9.17, 15) is 0 Å².